The third-order valence-corrected chi connectivity index (χ3v) is 6.98. The van der Waals surface area contributed by atoms with Crippen LogP contribution < -0.4 is 0 Å². The number of carbonyl (C=O) groups is 2. The van der Waals surface area contributed by atoms with Crippen LogP contribution >= 0.6 is 23.4 Å². The highest BCUT2D eigenvalue weighted by Gasteiger charge is 2.33. The van der Waals surface area contributed by atoms with Gasteiger partial charge in [-0.25, -0.2) is 0 Å². The molecule has 0 unspecified atom stereocenters. The van der Waals surface area contributed by atoms with Crippen molar-refractivity contribution >= 4 is 35.2 Å². The molecule has 0 radical (unpaired) electrons. The summed E-state index contributed by atoms with van der Waals surface area (Å²) in [6, 6.07) is 14.6. The Balaban J connectivity index is 1.56. The molecule has 2 amide bonds. The quantitative estimate of drug-likeness (QED) is 0.532. The van der Waals surface area contributed by atoms with Gasteiger partial charge in [0.1, 0.15) is 0 Å². The molecule has 0 spiro atoms. The zero-order valence-corrected chi connectivity index (χ0v) is 19.0. The number of imide groups is 1. The van der Waals surface area contributed by atoms with Crippen LogP contribution in [0.1, 0.15) is 35.2 Å². The van der Waals surface area contributed by atoms with E-state index in [2.05, 4.69) is 10.2 Å². The second kappa shape index (κ2) is 9.24. The first-order valence-corrected chi connectivity index (χ1v) is 11.4. The van der Waals surface area contributed by atoms with Crippen molar-refractivity contribution in [1.82, 2.24) is 19.7 Å². The minimum atomic E-state index is -0.383. The van der Waals surface area contributed by atoms with Crippen molar-refractivity contribution in [2.24, 2.45) is 7.05 Å². The molecule has 0 aliphatic carbocycles. The molecule has 2 aromatic carbocycles. The molecule has 3 aromatic rings. The van der Waals surface area contributed by atoms with Crippen LogP contribution in [0.2, 0.25) is 5.02 Å². The lowest BCUT2D eigenvalue weighted by Crippen LogP contribution is -2.41. The standard InChI is InChI=1S/C23H23ClN4O2S/c1-15-7-3-4-8-18(15)20-25-26-23(27(20)2)31-19-9-5-6-14-28(22(19)30)21(29)16-10-12-17(24)13-11-16/h3-4,7-8,10-13,19H,5-6,9,14H2,1-2H3/t19-/m0/s1. The number of rotatable bonds is 4. The Hall–Kier alpha value is -2.64. The van der Waals surface area contributed by atoms with E-state index in [0.29, 0.717) is 28.7 Å². The minimum Gasteiger partial charge on any atom is -0.305 e. The number of carbonyl (C=O) groups excluding carboxylic acids is 2. The number of aromatic nitrogens is 3. The fraction of sp³-hybridized carbons (Fsp3) is 0.304. The number of likely N-dealkylation sites (tertiary alicyclic amines) is 1. The van der Waals surface area contributed by atoms with Crippen LogP contribution in [0.4, 0.5) is 0 Å². The number of nitrogens with zero attached hydrogens (tertiary/aromatic N) is 4. The lowest BCUT2D eigenvalue weighted by molar-refractivity contribution is -0.127. The van der Waals surface area contributed by atoms with Gasteiger partial charge in [0.25, 0.3) is 5.91 Å². The van der Waals surface area contributed by atoms with Gasteiger partial charge in [0, 0.05) is 29.7 Å². The van der Waals surface area contributed by atoms with Crippen LogP contribution in [0.25, 0.3) is 11.4 Å². The predicted octanol–water partition coefficient (Wildman–Crippen LogP) is 4.76. The number of halogens is 1. The number of benzene rings is 2. The Kier molecular flexibility index (Phi) is 6.43. The molecule has 1 aliphatic heterocycles. The maximum Gasteiger partial charge on any atom is 0.260 e. The van der Waals surface area contributed by atoms with Crippen molar-refractivity contribution in [3.63, 3.8) is 0 Å². The van der Waals surface area contributed by atoms with Gasteiger partial charge in [-0.05, 0) is 49.6 Å². The number of hydrogen-bond donors (Lipinski definition) is 0. The molecule has 31 heavy (non-hydrogen) atoms. The van der Waals surface area contributed by atoms with Gasteiger partial charge in [0.05, 0.1) is 5.25 Å². The molecule has 0 saturated carbocycles. The van der Waals surface area contributed by atoms with Gasteiger partial charge in [-0.1, -0.05) is 54.0 Å². The highest BCUT2D eigenvalue weighted by Crippen LogP contribution is 2.32. The number of aryl methyl sites for hydroxylation is 1. The van der Waals surface area contributed by atoms with Crippen LogP contribution in [0.3, 0.4) is 0 Å². The van der Waals surface area contributed by atoms with E-state index in [4.69, 9.17) is 11.6 Å². The zero-order chi connectivity index (χ0) is 22.0. The summed E-state index contributed by atoms with van der Waals surface area (Å²) in [6.07, 6.45) is 2.35. The summed E-state index contributed by atoms with van der Waals surface area (Å²) in [5.41, 5.74) is 2.58. The third kappa shape index (κ3) is 4.52. The predicted molar refractivity (Wildman–Crippen MR) is 122 cm³/mol. The first kappa shape index (κ1) is 21.6. The Morgan fingerprint density at radius 2 is 1.84 bits per heavy atom. The van der Waals surface area contributed by atoms with E-state index in [1.54, 1.807) is 24.3 Å². The van der Waals surface area contributed by atoms with Crippen LogP contribution in [-0.4, -0.2) is 43.3 Å². The summed E-state index contributed by atoms with van der Waals surface area (Å²) in [7, 11) is 1.90. The minimum absolute atomic E-state index is 0.178. The van der Waals surface area contributed by atoms with Gasteiger partial charge >= 0.3 is 0 Å². The smallest absolute Gasteiger partial charge is 0.260 e. The van der Waals surface area contributed by atoms with Crippen LogP contribution in [-0.2, 0) is 11.8 Å². The van der Waals surface area contributed by atoms with Crippen molar-refractivity contribution < 1.29 is 9.59 Å². The first-order chi connectivity index (χ1) is 15.0. The van der Waals surface area contributed by atoms with Gasteiger partial charge in [0.2, 0.25) is 5.91 Å². The molecule has 8 heteroatoms. The lowest BCUT2D eigenvalue weighted by Gasteiger charge is -2.22. The molecule has 6 nitrogen and oxygen atoms in total. The van der Waals surface area contributed by atoms with E-state index >= 15 is 0 Å². The normalized spacial score (nSPS) is 16.9. The molecule has 1 aromatic heterocycles. The van der Waals surface area contributed by atoms with Crippen molar-refractivity contribution in [1.29, 1.82) is 0 Å². The van der Waals surface area contributed by atoms with E-state index in [1.807, 2.05) is 42.8 Å². The molecule has 1 aliphatic rings. The second-order valence-corrected chi connectivity index (χ2v) is 9.19. The summed E-state index contributed by atoms with van der Waals surface area (Å²) in [4.78, 5) is 27.6. The number of thioether (sulfide) groups is 1. The summed E-state index contributed by atoms with van der Waals surface area (Å²) in [6.45, 7) is 2.45. The molecule has 0 bridgehead atoms. The SMILES string of the molecule is Cc1ccccc1-c1nnc(S[C@H]2CCCCN(C(=O)c3ccc(Cl)cc3)C2=O)n1C. The van der Waals surface area contributed by atoms with Crippen molar-refractivity contribution in [3.8, 4) is 11.4 Å². The van der Waals surface area contributed by atoms with E-state index in [9.17, 15) is 9.59 Å². The average molecular weight is 455 g/mol. The fourth-order valence-electron chi connectivity index (χ4n) is 3.67. The van der Waals surface area contributed by atoms with E-state index < -0.39 is 0 Å². The molecular weight excluding hydrogens is 432 g/mol. The maximum atomic E-state index is 13.3. The first-order valence-electron chi connectivity index (χ1n) is 10.2. The van der Waals surface area contributed by atoms with Crippen LogP contribution in [0.15, 0.2) is 53.7 Å². The molecule has 2 heterocycles. The van der Waals surface area contributed by atoms with Gasteiger partial charge in [-0.2, -0.15) is 0 Å². The van der Waals surface area contributed by atoms with Crippen LogP contribution in [0, 0.1) is 6.92 Å². The van der Waals surface area contributed by atoms with Crippen molar-refractivity contribution in [2.75, 3.05) is 6.54 Å². The third-order valence-electron chi connectivity index (χ3n) is 5.44. The van der Waals surface area contributed by atoms with E-state index in [-0.39, 0.29) is 17.1 Å². The second-order valence-electron chi connectivity index (χ2n) is 7.58. The Bertz CT molecular complexity index is 1110. The van der Waals surface area contributed by atoms with Gasteiger partial charge in [-0.15, -0.1) is 10.2 Å². The highest BCUT2D eigenvalue weighted by molar-refractivity contribution is 8.00. The summed E-state index contributed by atoms with van der Waals surface area (Å²) in [5, 5.41) is 9.53. The summed E-state index contributed by atoms with van der Waals surface area (Å²) < 4.78 is 1.91. The maximum absolute atomic E-state index is 13.3. The Morgan fingerprint density at radius 3 is 2.58 bits per heavy atom. The van der Waals surface area contributed by atoms with Crippen molar-refractivity contribution in [2.45, 2.75) is 36.6 Å². The number of amides is 2. The summed E-state index contributed by atoms with van der Waals surface area (Å²) >= 11 is 7.31. The molecular formula is C23H23ClN4O2S. The van der Waals surface area contributed by atoms with Gasteiger partial charge in [-0.3, -0.25) is 14.5 Å². The zero-order valence-electron chi connectivity index (χ0n) is 17.4. The monoisotopic (exact) mass is 454 g/mol. The van der Waals surface area contributed by atoms with Gasteiger partial charge < -0.3 is 4.57 Å². The molecule has 4 rings (SSSR count). The lowest BCUT2D eigenvalue weighted by atomic mass is 10.1. The Morgan fingerprint density at radius 1 is 1.10 bits per heavy atom. The molecule has 1 saturated heterocycles. The largest absolute Gasteiger partial charge is 0.305 e. The topological polar surface area (TPSA) is 68.1 Å². The highest BCUT2D eigenvalue weighted by atomic mass is 35.5. The summed E-state index contributed by atoms with van der Waals surface area (Å²) in [5.74, 6) is 0.298. The molecule has 0 N–H and O–H groups in total. The van der Waals surface area contributed by atoms with Crippen LogP contribution in [0.5, 0.6) is 0 Å². The molecule has 1 fully saturated rings. The Labute approximate surface area is 190 Å². The average Bonchev–Trinajstić information content (AvgIpc) is 3.02. The van der Waals surface area contributed by atoms with Gasteiger partial charge in [0.15, 0.2) is 11.0 Å². The van der Waals surface area contributed by atoms with E-state index in [1.165, 1.54) is 16.7 Å². The molecule has 1 atom stereocenters. The fourth-order valence-corrected chi connectivity index (χ4v) is 4.90. The van der Waals surface area contributed by atoms with Crippen molar-refractivity contribution in [3.05, 3.63) is 64.7 Å². The van der Waals surface area contributed by atoms with E-state index in [0.717, 1.165) is 29.8 Å². The molecule has 160 valence electrons. The number of hydrogen-bond acceptors (Lipinski definition) is 5.